The van der Waals surface area contributed by atoms with Gasteiger partial charge in [-0.2, -0.15) is 0 Å². The summed E-state index contributed by atoms with van der Waals surface area (Å²) in [6.45, 7) is 1.69. The number of fused-ring (bicyclic) bond motifs is 1. The second-order valence-corrected chi connectivity index (χ2v) is 8.08. The van der Waals surface area contributed by atoms with Crippen molar-refractivity contribution >= 4 is 34.7 Å². The van der Waals surface area contributed by atoms with Gasteiger partial charge in [-0.3, -0.25) is 19.3 Å². The minimum atomic E-state index is -1.06. The lowest BCUT2D eigenvalue weighted by Crippen LogP contribution is -2.50. The van der Waals surface area contributed by atoms with E-state index in [1.165, 1.54) is 23.3 Å². The highest BCUT2D eigenvalue weighted by atomic mass is 32.1. The third-order valence-electron chi connectivity index (χ3n) is 5.01. The molecule has 1 aromatic heterocycles. The Labute approximate surface area is 183 Å². The van der Waals surface area contributed by atoms with Crippen LogP contribution in [0, 0.1) is 6.92 Å². The van der Waals surface area contributed by atoms with Gasteiger partial charge >= 0.3 is 5.97 Å². The Hall–Kier alpha value is -3.52. The van der Waals surface area contributed by atoms with Gasteiger partial charge in [0.1, 0.15) is 11.8 Å². The highest BCUT2D eigenvalue weighted by Crippen LogP contribution is 2.38. The molecule has 1 atom stereocenters. The van der Waals surface area contributed by atoms with Gasteiger partial charge in [-0.05, 0) is 25.1 Å². The second kappa shape index (κ2) is 8.69. The first-order chi connectivity index (χ1) is 15.0. The molecule has 2 aromatic carbocycles. The van der Waals surface area contributed by atoms with Crippen LogP contribution in [-0.4, -0.2) is 42.4 Å². The molecule has 1 unspecified atom stereocenters. The summed E-state index contributed by atoms with van der Waals surface area (Å²) in [4.78, 5) is 44.3. The predicted octanol–water partition coefficient (Wildman–Crippen LogP) is 3.66. The first-order valence-electron chi connectivity index (χ1n) is 9.65. The molecule has 1 aliphatic rings. The van der Waals surface area contributed by atoms with Crippen molar-refractivity contribution in [3.05, 3.63) is 64.5 Å². The number of esters is 1. The van der Waals surface area contributed by atoms with Crippen molar-refractivity contribution in [2.45, 2.75) is 19.4 Å². The summed E-state index contributed by atoms with van der Waals surface area (Å²) < 4.78 is 10.4. The fourth-order valence-electron chi connectivity index (χ4n) is 3.51. The van der Waals surface area contributed by atoms with Gasteiger partial charge in [0, 0.05) is 16.5 Å². The molecule has 2 heterocycles. The number of hydrogen-bond acceptors (Lipinski definition) is 7. The normalized spacial score (nSPS) is 13.9. The third-order valence-corrected chi connectivity index (χ3v) is 5.79. The number of aryl methyl sites for hydroxylation is 1. The summed E-state index contributed by atoms with van der Waals surface area (Å²) in [5.41, 5.74) is 2.39. The molecule has 8 heteroatoms. The summed E-state index contributed by atoms with van der Waals surface area (Å²) in [7, 11) is 1.25. The van der Waals surface area contributed by atoms with E-state index in [1.807, 2.05) is 18.4 Å². The van der Waals surface area contributed by atoms with Gasteiger partial charge in [0.15, 0.2) is 12.4 Å². The number of Topliss-reactive ketones (excluding diaryl/α,β-unsaturated/α-hetero) is 1. The molecule has 0 aliphatic carbocycles. The van der Waals surface area contributed by atoms with Crippen molar-refractivity contribution in [3.63, 3.8) is 0 Å². The molecule has 0 radical (unpaired) electrons. The number of amides is 1. The number of ketones is 1. The van der Waals surface area contributed by atoms with Gasteiger partial charge in [-0.25, -0.2) is 4.98 Å². The molecule has 7 nitrogen and oxygen atoms in total. The van der Waals surface area contributed by atoms with Gasteiger partial charge in [-0.1, -0.05) is 30.3 Å². The Kier molecular flexibility index (Phi) is 5.81. The maximum Gasteiger partial charge on any atom is 0.308 e. The van der Waals surface area contributed by atoms with Gasteiger partial charge in [0.2, 0.25) is 0 Å². The highest BCUT2D eigenvalue weighted by molar-refractivity contribution is 7.09. The van der Waals surface area contributed by atoms with Gasteiger partial charge in [-0.15, -0.1) is 11.3 Å². The lowest BCUT2D eigenvalue weighted by Gasteiger charge is -2.35. The highest BCUT2D eigenvalue weighted by Gasteiger charge is 2.38. The number of rotatable bonds is 6. The molecule has 3 aromatic rings. The molecule has 0 spiro atoms. The molecule has 0 bridgehead atoms. The Morgan fingerprint density at radius 3 is 2.68 bits per heavy atom. The van der Waals surface area contributed by atoms with Crippen molar-refractivity contribution in [2.75, 3.05) is 18.6 Å². The maximum atomic E-state index is 13.4. The summed E-state index contributed by atoms with van der Waals surface area (Å²) in [6, 6.07) is 12.9. The zero-order valence-electron chi connectivity index (χ0n) is 17.0. The summed E-state index contributed by atoms with van der Waals surface area (Å²) in [5.74, 6) is -0.869. The lowest BCUT2D eigenvalue weighted by atomic mass is 9.98. The molecule has 0 N–H and O–H groups in total. The summed E-state index contributed by atoms with van der Waals surface area (Å²) in [6.07, 6.45) is -0.268. The van der Waals surface area contributed by atoms with E-state index in [9.17, 15) is 14.4 Å². The van der Waals surface area contributed by atoms with Gasteiger partial charge < -0.3 is 9.47 Å². The van der Waals surface area contributed by atoms with Crippen LogP contribution in [0.5, 0.6) is 5.75 Å². The number of methoxy groups -OCH3 is 1. The van der Waals surface area contributed by atoms with Crippen LogP contribution in [0.4, 0.5) is 5.69 Å². The van der Waals surface area contributed by atoms with Crippen LogP contribution in [0.3, 0.4) is 0 Å². The van der Waals surface area contributed by atoms with E-state index in [4.69, 9.17) is 9.47 Å². The minimum Gasteiger partial charge on any atom is -0.482 e. The molecule has 0 saturated heterocycles. The number of aromatic nitrogens is 1. The Morgan fingerprint density at radius 2 is 2.00 bits per heavy atom. The minimum absolute atomic E-state index is 0.220. The van der Waals surface area contributed by atoms with E-state index in [2.05, 4.69) is 4.98 Å². The maximum absolute atomic E-state index is 13.4. The van der Waals surface area contributed by atoms with E-state index in [1.54, 1.807) is 42.5 Å². The molecular formula is C23H20N2O5S. The van der Waals surface area contributed by atoms with Crippen molar-refractivity contribution in [1.29, 1.82) is 0 Å². The van der Waals surface area contributed by atoms with Crippen molar-refractivity contribution < 1.29 is 23.9 Å². The average Bonchev–Trinajstić information content (AvgIpc) is 3.23. The van der Waals surface area contributed by atoms with E-state index in [0.29, 0.717) is 17.0 Å². The van der Waals surface area contributed by atoms with Crippen LogP contribution in [0.15, 0.2) is 53.9 Å². The fraction of sp³-hybridized carbons (Fsp3) is 0.217. The van der Waals surface area contributed by atoms with Gasteiger partial charge in [0.05, 0.1) is 29.9 Å². The van der Waals surface area contributed by atoms with Crippen molar-refractivity contribution in [1.82, 2.24) is 4.98 Å². The molecule has 1 amide bonds. The topological polar surface area (TPSA) is 85.8 Å². The standard InChI is InChI=1S/C23H20N2O5S/c1-14-24-17(13-31-14)16-8-9-20-18(10-16)25(21(26)12-30-20)19(11-22(27)29-2)23(28)15-6-4-3-5-7-15/h3-10,13,19H,11-12H2,1-2H3. The molecular weight excluding hydrogens is 416 g/mol. The number of ether oxygens (including phenoxy) is 2. The predicted molar refractivity (Wildman–Crippen MR) is 116 cm³/mol. The summed E-state index contributed by atoms with van der Waals surface area (Å²) in [5, 5.41) is 2.84. The van der Waals surface area contributed by atoms with Crippen LogP contribution in [0.2, 0.25) is 0 Å². The van der Waals surface area contributed by atoms with E-state index in [-0.39, 0.29) is 18.8 Å². The molecule has 0 fully saturated rings. The monoisotopic (exact) mass is 436 g/mol. The van der Waals surface area contributed by atoms with Crippen molar-refractivity contribution in [2.24, 2.45) is 0 Å². The lowest BCUT2D eigenvalue weighted by molar-refractivity contribution is -0.140. The summed E-state index contributed by atoms with van der Waals surface area (Å²) >= 11 is 1.52. The smallest absolute Gasteiger partial charge is 0.308 e. The number of anilines is 1. The van der Waals surface area contributed by atoms with Crippen LogP contribution < -0.4 is 9.64 Å². The molecule has 31 heavy (non-hydrogen) atoms. The first kappa shape index (κ1) is 20.7. The zero-order valence-corrected chi connectivity index (χ0v) is 17.8. The number of hydrogen-bond donors (Lipinski definition) is 0. The third kappa shape index (κ3) is 4.20. The zero-order chi connectivity index (χ0) is 22.0. The first-order valence-corrected chi connectivity index (χ1v) is 10.5. The molecule has 0 saturated carbocycles. The van der Waals surface area contributed by atoms with E-state index >= 15 is 0 Å². The number of carbonyl (C=O) groups is 3. The van der Waals surface area contributed by atoms with Crippen molar-refractivity contribution in [3.8, 4) is 17.0 Å². The second-order valence-electron chi connectivity index (χ2n) is 7.01. The van der Waals surface area contributed by atoms with Crippen LogP contribution >= 0.6 is 11.3 Å². The Bertz CT molecular complexity index is 1140. The number of thiazole rings is 1. The number of carbonyl (C=O) groups excluding carboxylic acids is 3. The quantitative estimate of drug-likeness (QED) is 0.433. The Morgan fingerprint density at radius 1 is 1.23 bits per heavy atom. The van der Waals surface area contributed by atoms with Crippen LogP contribution in [-0.2, 0) is 14.3 Å². The Balaban J connectivity index is 1.80. The van der Waals surface area contributed by atoms with E-state index in [0.717, 1.165) is 16.3 Å². The largest absolute Gasteiger partial charge is 0.482 e. The number of benzene rings is 2. The molecule has 1 aliphatic heterocycles. The van der Waals surface area contributed by atoms with E-state index < -0.39 is 17.9 Å². The van der Waals surface area contributed by atoms with Crippen LogP contribution in [0.1, 0.15) is 21.8 Å². The SMILES string of the molecule is COC(=O)CC(C(=O)c1ccccc1)N1C(=O)COc2ccc(-c3csc(C)n3)cc21. The molecule has 158 valence electrons. The van der Waals surface area contributed by atoms with Gasteiger partial charge in [0.25, 0.3) is 5.91 Å². The average molecular weight is 436 g/mol. The fourth-order valence-corrected chi connectivity index (χ4v) is 4.13. The van der Waals surface area contributed by atoms with Crippen LogP contribution in [0.25, 0.3) is 11.3 Å². The molecule has 4 rings (SSSR count). The number of nitrogens with zero attached hydrogens (tertiary/aromatic N) is 2.